The Balaban J connectivity index is 1.24. The van der Waals surface area contributed by atoms with E-state index in [-0.39, 0.29) is 0 Å². The fourth-order valence-corrected chi connectivity index (χ4v) is 3.58. The number of nitrogens with zero attached hydrogens (tertiary/aromatic N) is 6. The highest BCUT2D eigenvalue weighted by Crippen LogP contribution is 2.20. The molecule has 0 aliphatic carbocycles. The van der Waals surface area contributed by atoms with Crippen molar-refractivity contribution in [3.63, 3.8) is 0 Å². The van der Waals surface area contributed by atoms with Crippen LogP contribution in [-0.4, -0.2) is 70.1 Å². The van der Waals surface area contributed by atoms with Crippen LogP contribution < -0.4 is 4.90 Å². The third-order valence-corrected chi connectivity index (χ3v) is 4.93. The second kappa shape index (κ2) is 6.83. The maximum absolute atomic E-state index is 4.54. The van der Waals surface area contributed by atoms with Crippen LogP contribution in [0.4, 0.5) is 5.82 Å². The molecule has 4 heterocycles. The maximum Gasteiger partial charge on any atom is 0.128 e. The number of hydrogen-bond donors (Lipinski definition) is 0. The zero-order valence-corrected chi connectivity index (χ0v) is 14.2. The Hall–Kier alpha value is -2.05. The van der Waals surface area contributed by atoms with E-state index in [1.54, 1.807) is 0 Å². The van der Waals surface area contributed by atoms with E-state index in [0.29, 0.717) is 6.04 Å². The van der Waals surface area contributed by atoms with Crippen LogP contribution in [0.15, 0.2) is 36.8 Å². The molecule has 6 heteroatoms. The number of aromatic nitrogens is 3. The van der Waals surface area contributed by atoms with Crippen LogP contribution in [0, 0.1) is 6.92 Å². The highest BCUT2D eigenvalue weighted by molar-refractivity contribution is 5.38. The van der Waals surface area contributed by atoms with Gasteiger partial charge in [-0.1, -0.05) is 6.07 Å². The van der Waals surface area contributed by atoms with Gasteiger partial charge in [0.2, 0.25) is 0 Å². The zero-order chi connectivity index (χ0) is 16.4. The standard InChI is InChI=1S/C18H24N6/c1-15-10-19-11-16(21-15)12-22-13-17(14-22)23-6-8-24(9-7-23)18-4-2-3-5-20-18/h2-5,10-11,17H,6-9,12-14H2,1H3. The van der Waals surface area contributed by atoms with Gasteiger partial charge in [0.25, 0.3) is 0 Å². The van der Waals surface area contributed by atoms with E-state index in [0.717, 1.165) is 63.0 Å². The highest BCUT2D eigenvalue weighted by atomic mass is 15.4. The smallest absolute Gasteiger partial charge is 0.128 e. The van der Waals surface area contributed by atoms with Gasteiger partial charge in [-0.2, -0.15) is 0 Å². The molecule has 0 unspecified atom stereocenters. The first-order valence-corrected chi connectivity index (χ1v) is 8.68. The van der Waals surface area contributed by atoms with E-state index < -0.39 is 0 Å². The molecule has 0 spiro atoms. The van der Waals surface area contributed by atoms with E-state index in [1.807, 2.05) is 31.6 Å². The van der Waals surface area contributed by atoms with Gasteiger partial charge in [0.15, 0.2) is 0 Å². The monoisotopic (exact) mass is 324 g/mol. The average molecular weight is 324 g/mol. The molecule has 0 bridgehead atoms. The molecule has 126 valence electrons. The van der Waals surface area contributed by atoms with Crippen molar-refractivity contribution in [2.45, 2.75) is 19.5 Å². The predicted octanol–water partition coefficient (Wildman–Crippen LogP) is 1.19. The molecule has 2 fully saturated rings. The summed E-state index contributed by atoms with van der Waals surface area (Å²) in [5.74, 6) is 1.10. The fraction of sp³-hybridized carbons (Fsp3) is 0.500. The lowest BCUT2D eigenvalue weighted by Gasteiger charge is -2.48. The summed E-state index contributed by atoms with van der Waals surface area (Å²) in [6.45, 7) is 9.57. The van der Waals surface area contributed by atoms with E-state index >= 15 is 0 Å². The number of rotatable bonds is 4. The predicted molar refractivity (Wildman–Crippen MR) is 93.9 cm³/mol. The minimum Gasteiger partial charge on any atom is -0.354 e. The van der Waals surface area contributed by atoms with Gasteiger partial charge in [-0.05, 0) is 19.1 Å². The van der Waals surface area contributed by atoms with E-state index in [1.165, 1.54) is 0 Å². The maximum atomic E-state index is 4.54. The molecule has 6 nitrogen and oxygen atoms in total. The van der Waals surface area contributed by atoms with Gasteiger partial charge in [0.05, 0.1) is 11.4 Å². The molecule has 0 atom stereocenters. The minimum absolute atomic E-state index is 0.689. The van der Waals surface area contributed by atoms with Crippen molar-refractivity contribution in [2.24, 2.45) is 0 Å². The molecule has 2 aliphatic rings. The molecule has 0 N–H and O–H groups in total. The van der Waals surface area contributed by atoms with Crippen molar-refractivity contribution in [3.8, 4) is 0 Å². The van der Waals surface area contributed by atoms with Crippen LogP contribution in [0.3, 0.4) is 0 Å². The molecular weight excluding hydrogens is 300 g/mol. The Morgan fingerprint density at radius 2 is 1.92 bits per heavy atom. The summed E-state index contributed by atoms with van der Waals surface area (Å²) in [4.78, 5) is 20.7. The van der Waals surface area contributed by atoms with Crippen molar-refractivity contribution in [2.75, 3.05) is 44.2 Å². The first kappa shape index (κ1) is 15.5. The lowest BCUT2D eigenvalue weighted by molar-refractivity contribution is 0.0247. The summed E-state index contributed by atoms with van der Waals surface area (Å²) in [6, 6.07) is 6.83. The van der Waals surface area contributed by atoms with E-state index in [4.69, 9.17) is 0 Å². The van der Waals surface area contributed by atoms with Crippen molar-refractivity contribution in [1.29, 1.82) is 0 Å². The zero-order valence-electron chi connectivity index (χ0n) is 14.2. The lowest BCUT2D eigenvalue weighted by atomic mass is 10.1. The van der Waals surface area contributed by atoms with Crippen LogP contribution >= 0.6 is 0 Å². The van der Waals surface area contributed by atoms with Crippen LogP contribution in [-0.2, 0) is 6.54 Å². The Kier molecular flexibility index (Phi) is 4.40. The summed E-state index contributed by atoms with van der Waals surface area (Å²) in [5, 5.41) is 0. The third-order valence-electron chi connectivity index (χ3n) is 4.93. The molecule has 2 aromatic heterocycles. The molecule has 24 heavy (non-hydrogen) atoms. The largest absolute Gasteiger partial charge is 0.354 e. The summed E-state index contributed by atoms with van der Waals surface area (Å²) in [6.07, 6.45) is 5.56. The molecule has 0 amide bonds. The third kappa shape index (κ3) is 3.39. The topological polar surface area (TPSA) is 48.4 Å². The number of likely N-dealkylation sites (tertiary alicyclic amines) is 1. The molecule has 2 aromatic rings. The number of pyridine rings is 1. The molecule has 2 aliphatic heterocycles. The number of anilines is 1. The molecule has 4 rings (SSSR count). The average Bonchev–Trinajstić information content (AvgIpc) is 2.59. The van der Waals surface area contributed by atoms with Crippen molar-refractivity contribution >= 4 is 5.82 Å². The number of aryl methyl sites for hydroxylation is 1. The molecule has 0 aromatic carbocycles. The number of piperazine rings is 1. The highest BCUT2D eigenvalue weighted by Gasteiger charge is 2.33. The minimum atomic E-state index is 0.689. The van der Waals surface area contributed by atoms with Gasteiger partial charge >= 0.3 is 0 Å². The second-order valence-corrected chi connectivity index (χ2v) is 6.71. The normalized spacial score (nSPS) is 20.1. The Labute approximate surface area is 143 Å². The van der Waals surface area contributed by atoms with Gasteiger partial charge in [0, 0.05) is 70.4 Å². The summed E-state index contributed by atoms with van der Waals surface area (Å²) >= 11 is 0. The Morgan fingerprint density at radius 3 is 2.62 bits per heavy atom. The lowest BCUT2D eigenvalue weighted by Crippen LogP contribution is -2.62. The van der Waals surface area contributed by atoms with Gasteiger partial charge in [-0.15, -0.1) is 0 Å². The first-order chi connectivity index (χ1) is 11.8. The quantitative estimate of drug-likeness (QED) is 0.842. The Morgan fingerprint density at radius 1 is 1.08 bits per heavy atom. The van der Waals surface area contributed by atoms with Crippen LogP contribution in [0.2, 0.25) is 0 Å². The second-order valence-electron chi connectivity index (χ2n) is 6.71. The molecular formula is C18H24N6. The first-order valence-electron chi connectivity index (χ1n) is 8.68. The summed E-state index contributed by atoms with van der Waals surface area (Å²) in [5.41, 5.74) is 2.07. The van der Waals surface area contributed by atoms with Crippen LogP contribution in [0.5, 0.6) is 0 Å². The van der Waals surface area contributed by atoms with Crippen molar-refractivity contribution in [3.05, 3.63) is 48.2 Å². The molecule has 0 radical (unpaired) electrons. The van der Waals surface area contributed by atoms with Crippen molar-refractivity contribution < 1.29 is 0 Å². The summed E-state index contributed by atoms with van der Waals surface area (Å²) < 4.78 is 0. The van der Waals surface area contributed by atoms with Gasteiger partial charge < -0.3 is 4.90 Å². The van der Waals surface area contributed by atoms with Gasteiger partial charge in [0.1, 0.15) is 5.82 Å². The SMILES string of the molecule is Cc1cncc(CN2CC(N3CCN(c4ccccn4)CC3)C2)n1. The van der Waals surface area contributed by atoms with E-state index in [9.17, 15) is 0 Å². The Bertz CT molecular complexity index is 662. The van der Waals surface area contributed by atoms with Crippen LogP contribution in [0.25, 0.3) is 0 Å². The fourth-order valence-electron chi connectivity index (χ4n) is 3.58. The number of hydrogen-bond acceptors (Lipinski definition) is 6. The van der Waals surface area contributed by atoms with Crippen molar-refractivity contribution in [1.82, 2.24) is 24.8 Å². The molecule has 2 saturated heterocycles. The van der Waals surface area contributed by atoms with Gasteiger partial charge in [-0.25, -0.2) is 4.98 Å². The van der Waals surface area contributed by atoms with E-state index in [2.05, 4.69) is 41.8 Å². The van der Waals surface area contributed by atoms with Gasteiger partial charge in [-0.3, -0.25) is 19.8 Å². The molecule has 0 saturated carbocycles. The summed E-state index contributed by atoms with van der Waals surface area (Å²) in [7, 11) is 0. The van der Waals surface area contributed by atoms with Crippen LogP contribution in [0.1, 0.15) is 11.4 Å².